The predicted molar refractivity (Wildman–Crippen MR) is 154 cm³/mol. The van der Waals surface area contributed by atoms with Gasteiger partial charge in [-0.1, -0.05) is 12.1 Å². The molecule has 5 aromatic rings. The SMILES string of the molecule is CCOc1cccc(-c2ccc3nc(-c4ccc(OC)cc4)c(CCC(=O)Nc4ccc(OC)cc4)n3c2)c1. The predicted octanol–water partition coefficient (Wildman–Crippen LogP) is 6.66. The minimum Gasteiger partial charge on any atom is -0.497 e. The molecule has 0 fully saturated rings. The molecule has 0 saturated heterocycles. The van der Waals surface area contributed by atoms with Crippen LogP contribution in [0.1, 0.15) is 19.0 Å². The molecule has 0 aliphatic rings. The Bertz CT molecular complexity index is 1570. The number of pyridine rings is 1. The first-order valence-electron chi connectivity index (χ1n) is 12.9. The second-order valence-corrected chi connectivity index (χ2v) is 9.02. The zero-order chi connectivity index (χ0) is 27.2. The van der Waals surface area contributed by atoms with Crippen LogP contribution in [0.15, 0.2) is 91.1 Å². The van der Waals surface area contributed by atoms with Crippen LogP contribution in [0.5, 0.6) is 17.2 Å². The van der Waals surface area contributed by atoms with Crippen molar-refractivity contribution in [2.24, 2.45) is 0 Å². The smallest absolute Gasteiger partial charge is 0.224 e. The number of amides is 1. The number of rotatable bonds is 10. The van der Waals surface area contributed by atoms with E-state index in [1.165, 1.54) is 0 Å². The molecule has 0 saturated carbocycles. The van der Waals surface area contributed by atoms with Gasteiger partial charge in [-0.3, -0.25) is 4.79 Å². The molecule has 0 bridgehead atoms. The molecule has 2 heterocycles. The van der Waals surface area contributed by atoms with Crippen LogP contribution in [0.25, 0.3) is 28.0 Å². The molecule has 3 aromatic carbocycles. The van der Waals surface area contributed by atoms with E-state index in [1.54, 1.807) is 14.2 Å². The molecule has 0 unspecified atom stereocenters. The molecule has 1 amide bonds. The molecule has 1 N–H and O–H groups in total. The fraction of sp³-hybridized carbons (Fsp3) is 0.188. The highest BCUT2D eigenvalue weighted by atomic mass is 16.5. The van der Waals surface area contributed by atoms with E-state index in [4.69, 9.17) is 19.2 Å². The minimum atomic E-state index is -0.0728. The number of ether oxygens (including phenoxy) is 3. The van der Waals surface area contributed by atoms with Crippen LogP contribution in [-0.2, 0) is 11.2 Å². The number of nitrogens with zero attached hydrogens (tertiary/aromatic N) is 2. The van der Waals surface area contributed by atoms with Gasteiger partial charge in [-0.15, -0.1) is 0 Å². The third kappa shape index (κ3) is 5.88. The number of aromatic nitrogens is 2. The lowest BCUT2D eigenvalue weighted by molar-refractivity contribution is -0.116. The van der Waals surface area contributed by atoms with Gasteiger partial charge in [-0.2, -0.15) is 0 Å². The van der Waals surface area contributed by atoms with Crippen molar-refractivity contribution in [2.45, 2.75) is 19.8 Å². The first kappa shape index (κ1) is 25.9. The Kier molecular flexibility index (Phi) is 7.78. The molecule has 0 aliphatic carbocycles. The molecule has 2 aromatic heterocycles. The van der Waals surface area contributed by atoms with Crippen molar-refractivity contribution in [2.75, 3.05) is 26.1 Å². The molecule has 0 atom stereocenters. The Morgan fingerprint density at radius 2 is 1.51 bits per heavy atom. The number of hydrogen-bond donors (Lipinski definition) is 1. The Balaban J connectivity index is 1.48. The fourth-order valence-corrected chi connectivity index (χ4v) is 4.54. The summed E-state index contributed by atoms with van der Waals surface area (Å²) < 4.78 is 18.3. The Morgan fingerprint density at radius 1 is 0.821 bits per heavy atom. The molecule has 198 valence electrons. The summed E-state index contributed by atoms with van der Waals surface area (Å²) in [5.74, 6) is 2.27. The zero-order valence-electron chi connectivity index (χ0n) is 22.3. The van der Waals surface area contributed by atoms with Gasteiger partial charge in [0.1, 0.15) is 22.9 Å². The van der Waals surface area contributed by atoms with E-state index in [0.717, 1.165) is 56.7 Å². The van der Waals surface area contributed by atoms with Crippen LogP contribution >= 0.6 is 0 Å². The highest BCUT2D eigenvalue weighted by Crippen LogP contribution is 2.30. The number of fused-ring (bicyclic) bond motifs is 1. The molecular weight excluding hydrogens is 490 g/mol. The molecule has 0 radical (unpaired) electrons. The van der Waals surface area contributed by atoms with Crippen molar-refractivity contribution in [3.63, 3.8) is 0 Å². The van der Waals surface area contributed by atoms with E-state index in [0.29, 0.717) is 19.4 Å². The summed E-state index contributed by atoms with van der Waals surface area (Å²) >= 11 is 0. The lowest BCUT2D eigenvalue weighted by atomic mass is 10.1. The highest BCUT2D eigenvalue weighted by molar-refractivity contribution is 5.91. The van der Waals surface area contributed by atoms with E-state index in [9.17, 15) is 4.79 Å². The van der Waals surface area contributed by atoms with Gasteiger partial charge < -0.3 is 23.9 Å². The summed E-state index contributed by atoms with van der Waals surface area (Å²) in [6.45, 7) is 2.58. The third-order valence-electron chi connectivity index (χ3n) is 6.52. The number of hydrogen-bond acceptors (Lipinski definition) is 5. The normalized spacial score (nSPS) is 10.8. The highest BCUT2D eigenvalue weighted by Gasteiger charge is 2.17. The van der Waals surface area contributed by atoms with E-state index >= 15 is 0 Å². The second-order valence-electron chi connectivity index (χ2n) is 9.02. The Hall–Kier alpha value is -4.78. The summed E-state index contributed by atoms with van der Waals surface area (Å²) in [5, 5.41) is 2.98. The Labute approximate surface area is 228 Å². The summed E-state index contributed by atoms with van der Waals surface area (Å²) in [6.07, 6.45) is 2.89. The van der Waals surface area contributed by atoms with Crippen molar-refractivity contribution in [1.82, 2.24) is 9.38 Å². The summed E-state index contributed by atoms with van der Waals surface area (Å²) in [6, 6.07) is 27.3. The van der Waals surface area contributed by atoms with Crippen LogP contribution < -0.4 is 19.5 Å². The largest absolute Gasteiger partial charge is 0.497 e. The molecular formula is C32H31N3O4. The van der Waals surface area contributed by atoms with Gasteiger partial charge in [0.05, 0.1) is 32.2 Å². The topological polar surface area (TPSA) is 74.1 Å². The maximum Gasteiger partial charge on any atom is 0.224 e. The summed E-state index contributed by atoms with van der Waals surface area (Å²) in [4.78, 5) is 17.9. The van der Waals surface area contributed by atoms with Gasteiger partial charge in [-0.05, 0) is 97.3 Å². The third-order valence-corrected chi connectivity index (χ3v) is 6.52. The van der Waals surface area contributed by atoms with E-state index < -0.39 is 0 Å². The van der Waals surface area contributed by atoms with Gasteiger partial charge in [0, 0.05) is 23.9 Å². The molecule has 7 nitrogen and oxygen atoms in total. The molecule has 0 aliphatic heterocycles. The van der Waals surface area contributed by atoms with Crippen molar-refractivity contribution in [3.05, 3.63) is 96.8 Å². The monoisotopic (exact) mass is 521 g/mol. The quantitative estimate of drug-likeness (QED) is 0.223. The van der Waals surface area contributed by atoms with E-state index in [-0.39, 0.29) is 5.91 Å². The van der Waals surface area contributed by atoms with Crippen LogP contribution in [0.4, 0.5) is 5.69 Å². The molecule has 5 rings (SSSR count). The number of methoxy groups -OCH3 is 2. The number of carbonyl (C=O) groups excluding carboxylic acids is 1. The van der Waals surface area contributed by atoms with Gasteiger partial charge in [-0.25, -0.2) is 4.98 Å². The van der Waals surface area contributed by atoms with Gasteiger partial charge in [0.25, 0.3) is 0 Å². The minimum absolute atomic E-state index is 0.0728. The van der Waals surface area contributed by atoms with E-state index in [2.05, 4.69) is 28.0 Å². The number of benzene rings is 3. The van der Waals surface area contributed by atoms with Gasteiger partial charge >= 0.3 is 0 Å². The van der Waals surface area contributed by atoms with E-state index in [1.807, 2.05) is 79.7 Å². The molecule has 39 heavy (non-hydrogen) atoms. The molecule has 0 spiro atoms. The van der Waals surface area contributed by atoms with Gasteiger partial charge in [0.15, 0.2) is 0 Å². The van der Waals surface area contributed by atoms with Crippen LogP contribution in [0.2, 0.25) is 0 Å². The van der Waals surface area contributed by atoms with Crippen LogP contribution in [0, 0.1) is 0 Å². The number of anilines is 1. The standard InChI is InChI=1S/C32H31N3O4/c1-4-39-28-7-5-6-23(20-28)24-10-18-30-34-32(22-8-13-26(37-2)14-9-22)29(35(30)21-24)17-19-31(36)33-25-11-15-27(38-3)16-12-25/h5-16,18,20-21H,4,17,19H2,1-3H3,(H,33,36). The maximum absolute atomic E-state index is 12.9. The lowest BCUT2D eigenvalue weighted by Crippen LogP contribution is -2.13. The number of imidazole rings is 1. The lowest BCUT2D eigenvalue weighted by Gasteiger charge is -2.10. The molecule has 7 heteroatoms. The maximum atomic E-state index is 12.9. The van der Waals surface area contributed by atoms with Crippen molar-refractivity contribution >= 4 is 17.2 Å². The number of carbonyl (C=O) groups is 1. The second kappa shape index (κ2) is 11.7. The van der Waals surface area contributed by atoms with Crippen molar-refractivity contribution in [3.8, 4) is 39.6 Å². The average Bonchev–Trinajstić information content (AvgIpc) is 3.34. The van der Waals surface area contributed by atoms with Crippen molar-refractivity contribution < 1.29 is 19.0 Å². The first-order valence-corrected chi connectivity index (χ1v) is 12.9. The van der Waals surface area contributed by atoms with Crippen LogP contribution in [0.3, 0.4) is 0 Å². The summed E-state index contributed by atoms with van der Waals surface area (Å²) in [5.41, 5.74) is 6.39. The number of nitrogens with one attached hydrogen (secondary N) is 1. The van der Waals surface area contributed by atoms with Crippen molar-refractivity contribution in [1.29, 1.82) is 0 Å². The summed E-state index contributed by atoms with van der Waals surface area (Å²) in [7, 11) is 3.26. The Morgan fingerprint density at radius 3 is 2.21 bits per heavy atom. The first-order chi connectivity index (χ1) is 19.1. The zero-order valence-corrected chi connectivity index (χ0v) is 22.3. The van der Waals surface area contributed by atoms with Gasteiger partial charge in [0.2, 0.25) is 5.91 Å². The fourth-order valence-electron chi connectivity index (χ4n) is 4.54. The number of aryl methyl sites for hydroxylation is 1. The van der Waals surface area contributed by atoms with Crippen LogP contribution in [-0.4, -0.2) is 36.1 Å². The average molecular weight is 522 g/mol.